The lowest BCUT2D eigenvalue weighted by atomic mass is 10.0. The van der Waals surface area contributed by atoms with Crippen LogP contribution in [0.3, 0.4) is 0 Å². The average molecular weight is 308 g/mol. The number of fused-ring (bicyclic) bond motifs is 1. The van der Waals surface area contributed by atoms with Gasteiger partial charge in [-0.2, -0.15) is 9.50 Å². The molecule has 1 atom stereocenters. The van der Waals surface area contributed by atoms with E-state index < -0.39 is 0 Å². The van der Waals surface area contributed by atoms with Gasteiger partial charge in [0.05, 0.1) is 0 Å². The first-order valence-corrected chi connectivity index (χ1v) is 8.00. The number of aromatic nitrogens is 4. The first-order chi connectivity index (χ1) is 11.3. The summed E-state index contributed by atoms with van der Waals surface area (Å²) in [6, 6.07) is 13.1. The molecule has 2 aromatic heterocycles. The second kappa shape index (κ2) is 5.96. The lowest BCUT2D eigenvalue weighted by Crippen LogP contribution is -2.52. The summed E-state index contributed by atoms with van der Waals surface area (Å²) in [4.78, 5) is 11.0. The minimum Gasteiger partial charge on any atom is -0.354 e. The molecule has 0 aliphatic carbocycles. The Morgan fingerprint density at radius 1 is 1.22 bits per heavy atom. The van der Waals surface area contributed by atoms with Gasteiger partial charge in [-0.25, -0.2) is 4.98 Å². The first kappa shape index (κ1) is 14.1. The zero-order chi connectivity index (χ0) is 15.6. The Bertz CT molecular complexity index is 797. The van der Waals surface area contributed by atoms with Crippen LogP contribution in [0.5, 0.6) is 0 Å². The highest BCUT2D eigenvalue weighted by Gasteiger charge is 2.22. The van der Waals surface area contributed by atoms with E-state index in [0.717, 1.165) is 37.7 Å². The fourth-order valence-corrected chi connectivity index (χ4v) is 3.19. The Kier molecular flexibility index (Phi) is 3.67. The van der Waals surface area contributed by atoms with Gasteiger partial charge in [-0.15, -0.1) is 5.10 Å². The van der Waals surface area contributed by atoms with Crippen molar-refractivity contribution in [1.29, 1.82) is 0 Å². The third kappa shape index (κ3) is 2.90. The summed E-state index contributed by atoms with van der Waals surface area (Å²) >= 11 is 0. The molecule has 1 aromatic carbocycles. The number of anilines is 1. The molecule has 4 rings (SSSR count). The van der Waals surface area contributed by atoms with Crippen LogP contribution in [-0.2, 0) is 6.42 Å². The number of nitrogens with one attached hydrogen (secondary N) is 1. The minimum atomic E-state index is 0.430. The number of hydrogen-bond donors (Lipinski definition) is 1. The lowest BCUT2D eigenvalue weighted by Gasteiger charge is -2.35. The van der Waals surface area contributed by atoms with E-state index in [-0.39, 0.29) is 0 Å². The molecule has 1 fully saturated rings. The van der Waals surface area contributed by atoms with E-state index in [2.05, 4.69) is 55.6 Å². The van der Waals surface area contributed by atoms with Crippen molar-refractivity contribution in [3.63, 3.8) is 0 Å². The fraction of sp³-hybridized carbons (Fsp3) is 0.353. The number of hydrogen-bond acceptors (Lipinski definition) is 5. The Hall–Kier alpha value is -2.47. The molecule has 1 unspecified atom stereocenters. The first-order valence-electron chi connectivity index (χ1n) is 8.00. The number of benzene rings is 1. The maximum atomic E-state index is 4.48. The number of rotatable bonds is 3. The van der Waals surface area contributed by atoms with E-state index in [1.807, 2.05) is 23.7 Å². The van der Waals surface area contributed by atoms with Crippen molar-refractivity contribution >= 4 is 11.6 Å². The van der Waals surface area contributed by atoms with Crippen LogP contribution < -0.4 is 10.2 Å². The van der Waals surface area contributed by atoms with E-state index in [9.17, 15) is 0 Å². The quantitative estimate of drug-likeness (QED) is 0.794. The summed E-state index contributed by atoms with van der Waals surface area (Å²) in [6.45, 7) is 4.78. The van der Waals surface area contributed by atoms with Gasteiger partial charge in [0.2, 0.25) is 0 Å². The van der Waals surface area contributed by atoms with Gasteiger partial charge in [0.1, 0.15) is 11.6 Å². The molecule has 23 heavy (non-hydrogen) atoms. The Morgan fingerprint density at radius 2 is 2.09 bits per heavy atom. The predicted octanol–water partition coefficient (Wildman–Crippen LogP) is 1.45. The molecule has 0 amide bonds. The minimum absolute atomic E-state index is 0.430. The van der Waals surface area contributed by atoms with Crippen LogP contribution >= 0.6 is 0 Å². The standard InChI is InChI=1S/C17H20N6/c1-13-20-17-19-8-7-16(23(17)21-13)22-10-9-18-15(12-22)11-14-5-3-2-4-6-14/h2-8,15,18H,9-12H2,1H3. The number of piperazine rings is 1. The molecule has 6 heteroatoms. The number of nitrogens with zero attached hydrogens (tertiary/aromatic N) is 5. The van der Waals surface area contributed by atoms with Crippen molar-refractivity contribution in [2.24, 2.45) is 0 Å². The summed E-state index contributed by atoms with van der Waals surface area (Å²) in [6.07, 6.45) is 2.84. The van der Waals surface area contributed by atoms with Crippen LogP contribution in [0.1, 0.15) is 11.4 Å². The second-order valence-electron chi connectivity index (χ2n) is 5.96. The molecule has 6 nitrogen and oxygen atoms in total. The highest BCUT2D eigenvalue weighted by atomic mass is 15.4. The summed E-state index contributed by atoms with van der Waals surface area (Å²) in [5, 5.41) is 8.10. The van der Waals surface area contributed by atoms with Crippen molar-refractivity contribution in [1.82, 2.24) is 24.9 Å². The van der Waals surface area contributed by atoms with Crippen LogP contribution in [0.25, 0.3) is 5.78 Å². The van der Waals surface area contributed by atoms with E-state index in [1.54, 1.807) is 0 Å². The summed E-state index contributed by atoms with van der Waals surface area (Å²) < 4.78 is 1.85. The van der Waals surface area contributed by atoms with Crippen LogP contribution in [0.2, 0.25) is 0 Å². The van der Waals surface area contributed by atoms with E-state index in [4.69, 9.17) is 0 Å². The average Bonchev–Trinajstić information content (AvgIpc) is 2.96. The zero-order valence-electron chi connectivity index (χ0n) is 13.2. The molecule has 1 N–H and O–H groups in total. The fourth-order valence-electron chi connectivity index (χ4n) is 3.19. The Labute approximate surface area is 135 Å². The highest BCUT2D eigenvalue weighted by Crippen LogP contribution is 2.17. The summed E-state index contributed by atoms with van der Waals surface area (Å²) in [5.41, 5.74) is 1.36. The molecule has 1 saturated heterocycles. The van der Waals surface area contributed by atoms with Crippen molar-refractivity contribution < 1.29 is 0 Å². The van der Waals surface area contributed by atoms with Gasteiger partial charge < -0.3 is 10.2 Å². The van der Waals surface area contributed by atoms with Crippen molar-refractivity contribution in [3.8, 4) is 0 Å². The highest BCUT2D eigenvalue weighted by molar-refractivity contribution is 5.46. The molecule has 0 spiro atoms. The molecule has 1 aliphatic heterocycles. The van der Waals surface area contributed by atoms with Crippen LogP contribution in [0, 0.1) is 6.92 Å². The second-order valence-corrected chi connectivity index (χ2v) is 5.96. The molecule has 118 valence electrons. The molecular formula is C17H20N6. The molecule has 3 aromatic rings. The van der Waals surface area contributed by atoms with Gasteiger partial charge in [-0.05, 0) is 25.0 Å². The maximum absolute atomic E-state index is 4.48. The number of aryl methyl sites for hydroxylation is 1. The van der Waals surface area contributed by atoms with E-state index >= 15 is 0 Å². The normalized spacial score (nSPS) is 18.5. The SMILES string of the molecule is Cc1nc2nccc(N3CCNC(Cc4ccccc4)C3)n2n1. The third-order valence-corrected chi connectivity index (χ3v) is 4.23. The summed E-state index contributed by atoms with van der Waals surface area (Å²) in [5.74, 6) is 2.48. The topological polar surface area (TPSA) is 58.4 Å². The molecule has 0 saturated carbocycles. The monoisotopic (exact) mass is 308 g/mol. The third-order valence-electron chi connectivity index (χ3n) is 4.23. The smallest absolute Gasteiger partial charge is 0.254 e. The largest absolute Gasteiger partial charge is 0.354 e. The van der Waals surface area contributed by atoms with E-state index in [0.29, 0.717) is 11.8 Å². The van der Waals surface area contributed by atoms with Crippen LogP contribution in [0.4, 0.5) is 5.82 Å². The van der Waals surface area contributed by atoms with Gasteiger partial charge in [-0.1, -0.05) is 30.3 Å². The van der Waals surface area contributed by atoms with Crippen molar-refractivity contribution in [2.75, 3.05) is 24.5 Å². The molecule has 0 bridgehead atoms. The van der Waals surface area contributed by atoms with Gasteiger partial charge >= 0.3 is 0 Å². The molecule has 0 radical (unpaired) electrons. The summed E-state index contributed by atoms with van der Waals surface area (Å²) in [7, 11) is 0. The molecule has 1 aliphatic rings. The zero-order valence-corrected chi connectivity index (χ0v) is 13.2. The van der Waals surface area contributed by atoms with E-state index in [1.165, 1.54) is 5.56 Å². The van der Waals surface area contributed by atoms with Gasteiger partial charge in [0.15, 0.2) is 0 Å². The van der Waals surface area contributed by atoms with Crippen LogP contribution in [-0.4, -0.2) is 45.3 Å². The molecular weight excluding hydrogens is 288 g/mol. The van der Waals surface area contributed by atoms with Crippen molar-refractivity contribution in [3.05, 3.63) is 54.0 Å². The van der Waals surface area contributed by atoms with Crippen molar-refractivity contribution in [2.45, 2.75) is 19.4 Å². The predicted molar refractivity (Wildman–Crippen MR) is 89.7 cm³/mol. The Morgan fingerprint density at radius 3 is 2.96 bits per heavy atom. The molecule has 3 heterocycles. The lowest BCUT2D eigenvalue weighted by molar-refractivity contribution is 0.451. The Balaban J connectivity index is 1.56. The maximum Gasteiger partial charge on any atom is 0.254 e. The van der Waals surface area contributed by atoms with Crippen LogP contribution in [0.15, 0.2) is 42.6 Å². The van der Waals surface area contributed by atoms with Gasteiger partial charge in [-0.3, -0.25) is 0 Å². The van der Waals surface area contributed by atoms with Gasteiger partial charge in [0, 0.05) is 31.9 Å². The van der Waals surface area contributed by atoms with Gasteiger partial charge in [0.25, 0.3) is 5.78 Å².